The Bertz CT molecular complexity index is 1010. The van der Waals surface area contributed by atoms with Crippen LogP contribution < -0.4 is 10.2 Å². The zero-order valence-electron chi connectivity index (χ0n) is 16.9. The molecule has 4 rings (SSSR count). The zero-order chi connectivity index (χ0) is 20.5. The number of aryl methyl sites for hydroxylation is 1. The van der Waals surface area contributed by atoms with E-state index in [0.717, 1.165) is 23.3 Å². The van der Waals surface area contributed by atoms with Crippen LogP contribution in [0.15, 0.2) is 24.5 Å². The molecule has 0 spiro atoms. The molecule has 29 heavy (non-hydrogen) atoms. The predicted molar refractivity (Wildman–Crippen MR) is 110 cm³/mol. The molecule has 0 amide bonds. The van der Waals surface area contributed by atoms with E-state index in [2.05, 4.69) is 50.6 Å². The fourth-order valence-corrected chi connectivity index (χ4v) is 3.72. The summed E-state index contributed by atoms with van der Waals surface area (Å²) in [4.78, 5) is 19.6. The lowest BCUT2D eigenvalue weighted by Crippen LogP contribution is -2.45. The lowest BCUT2D eigenvalue weighted by atomic mass is 10.1. The minimum Gasteiger partial charge on any atom is -0.390 e. The van der Waals surface area contributed by atoms with Gasteiger partial charge in [0.15, 0.2) is 0 Å². The molecule has 0 bridgehead atoms. The highest BCUT2D eigenvalue weighted by molar-refractivity contribution is 5.79. The Kier molecular flexibility index (Phi) is 5.31. The van der Waals surface area contributed by atoms with Gasteiger partial charge in [0.25, 0.3) is 0 Å². The number of anilines is 3. The third kappa shape index (κ3) is 3.87. The third-order valence-corrected chi connectivity index (χ3v) is 5.17. The van der Waals surface area contributed by atoms with Crippen LogP contribution in [0, 0.1) is 0 Å². The molecule has 2 atom stereocenters. The lowest BCUT2D eigenvalue weighted by Gasteiger charge is -2.32. The molecule has 2 unspecified atom stereocenters. The maximum Gasteiger partial charge on any atom is 0.227 e. The summed E-state index contributed by atoms with van der Waals surface area (Å²) in [6.45, 7) is 6.97. The van der Waals surface area contributed by atoms with Crippen molar-refractivity contribution in [3.8, 4) is 0 Å². The number of hydrogen-bond donors (Lipinski definition) is 2. The van der Waals surface area contributed by atoms with Crippen molar-refractivity contribution in [2.45, 2.75) is 51.9 Å². The number of aliphatic hydroxyl groups excluding tert-OH is 1. The first kappa shape index (κ1) is 19.5. The van der Waals surface area contributed by atoms with Gasteiger partial charge in [0.05, 0.1) is 24.4 Å². The van der Waals surface area contributed by atoms with Crippen molar-refractivity contribution in [3.05, 3.63) is 30.4 Å². The van der Waals surface area contributed by atoms with Gasteiger partial charge in [0, 0.05) is 31.3 Å². The van der Waals surface area contributed by atoms with Gasteiger partial charge < -0.3 is 19.9 Å². The van der Waals surface area contributed by atoms with Crippen molar-refractivity contribution in [1.82, 2.24) is 24.5 Å². The fraction of sp³-hybridized carbons (Fsp3) is 0.500. The van der Waals surface area contributed by atoms with E-state index in [-0.39, 0.29) is 6.54 Å². The molecule has 4 heterocycles. The largest absolute Gasteiger partial charge is 0.390 e. The molecule has 3 aromatic heterocycles. The number of hydrogen-bond acceptors (Lipinski definition) is 7. The Labute approximate surface area is 168 Å². The van der Waals surface area contributed by atoms with Gasteiger partial charge in [-0.1, -0.05) is 6.92 Å². The van der Waals surface area contributed by atoms with Gasteiger partial charge in [-0.3, -0.25) is 0 Å². The van der Waals surface area contributed by atoms with Gasteiger partial charge in [-0.2, -0.15) is 4.98 Å². The van der Waals surface area contributed by atoms with Crippen molar-refractivity contribution in [3.63, 3.8) is 0 Å². The number of nitrogens with zero attached hydrogens (tertiary/aromatic N) is 6. The van der Waals surface area contributed by atoms with E-state index < -0.39 is 12.3 Å². The summed E-state index contributed by atoms with van der Waals surface area (Å²) in [5, 5.41) is 12.8. The standard InChI is InChI=1S/C20H26FN7O/c1-4-19-24-14-10-23-18(9-15(14)28(19)12(2)3)25-17-5-7-22-20(26-17)27-8-6-16(29)13(21)11-27/h5,7,9-10,12-13,16,29H,4,6,8,11H2,1-3H3,(H,22,23,25,26). The van der Waals surface area contributed by atoms with Gasteiger partial charge >= 0.3 is 0 Å². The van der Waals surface area contributed by atoms with Crippen molar-refractivity contribution in [2.24, 2.45) is 0 Å². The van der Waals surface area contributed by atoms with Crippen LogP contribution in [-0.2, 0) is 6.42 Å². The molecule has 2 N–H and O–H groups in total. The van der Waals surface area contributed by atoms with Crippen molar-refractivity contribution < 1.29 is 9.50 Å². The smallest absolute Gasteiger partial charge is 0.227 e. The van der Waals surface area contributed by atoms with Crippen LogP contribution in [0.25, 0.3) is 11.0 Å². The molecule has 9 heteroatoms. The summed E-state index contributed by atoms with van der Waals surface area (Å²) >= 11 is 0. The minimum absolute atomic E-state index is 0.0855. The summed E-state index contributed by atoms with van der Waals surface area (Å²) in [6.07, 6.45) is 2.40. The fourth-order valence-electron chi connectivity index (χ4n) is 3.72. The molecule has 1 saturated heterocycles. The Morgan fingerprint density at radius 1 is 1.28 bits per heavy atom. The maximum absolute atomic E-state index is 13.9. The Hall–Kier alpha value is -2.81. The molecule has 0 radical (unpaired) electrons. The third-order valence-electron chi connectivity index (χ3n) is 5.17. The average Bonchev–Trinajstić information content (AvgIpc) is 3.08. The number of piperidine rings is 1. The summed E-state index contributed by atoms with van der Waals surface area (Å²) in [5.41, 5.74) is 1.89. The molecule has 8 nitrogen and oxygen atoms in total. The summed E-state index contributed by atoms with van der Waals surface area (Å²) < 4.78 is 16.1. The Morgan fingerprint density at radius 3 is 2.83 bits per heavy atom. The van der Waals surface area contributed by atoms with E-state index in [4.69, 9.17) is 0 Å². The van der Waals surface area contributed by atoms with Crippen LogP contribution in [0.2, 0.25) is 0 Å². The maximum atomic E-state index is 13.9. The molecule has 0 aliphatic carbocycles. The van der Waals surface area contributed by atoms with Gasteiger partial charge in [0.2, 0.25) is 5.95 Å². The van der Waals surface area contributed by atoms with Crippen molar-refractivity contribution >= 4 is 28.6 Å². The van der Waals surface area contributed by atoms with E-state index >= 15 is 0 Å². The number of halogens is 1. The second-order valence-corrected chi connectivity index (χ2v) is 7.59. The molecule has 0 aromatic carbocycles. The number of nitrogens with one attached hydrogen (secondary N) is 1. The van der Waals surface area contributed by atoms with Crippen LogP contribution in [-0.4, -0.2) is 55.0 Å². The molecular formula is C20H26FN7O. The molecule has 3 aromatic rings. The molecule has 1 fully saturated rings. The number of fused-ring (bicyclic) bond motifs is 1. The topological polar surface area (TPSA) is 92.0 Å². The number of imidazole rings is 1. The monoisotopic (exact) mass is 399 g/mol. The highest BCUT2D eigenvalue weighted by atomic mass is 19.1. The molecule has 0 saturated carbocycles. The van der Waals surface area contributed by atoms with Crippen LogP contribution >= 0.6 is 0 Å². The molecule has 1 aliphatic heterocycles. The van der Waals surface area contributed by atoms with Gasteiger partial charge in [-0.25, -0.2) is 19.3 Å². The van der Waals surface area contributed by atoms with Crippen LogP contribution in [0.5, 0.6) is 0 Å². The van der Waals surface area contributed by atoms with E-state index in [1.165, 1.54) is 0 Å². The van der Waals surface area contributed by atoms with Crippen LogP contribution in [0.4, 0.5) is 22.0 Å². The number of aliphatic hydroxyl groups is 1. The number of rotatable bonds is 5. The van der Waals surface area contributed by atoms with Crippen LogP contribution in [0.1, 0.15) is 39.1 Å². The number of pyridine rings is 1. The zero-order valence-corrected chi connectivity index (χ0v) is 16.9. The first-order valence-corrected chi connectivity index (χ1v) is 10.00. The molecular weight excluding hydrogens is 373 g/mol. The van der Waals surface area contributed by atoms with Crippen molar-refractivity contribution in [2.75, 3.05) is 23.3 Å². The van der Waals surface area contributed by atoms with E-state index in [1.54, 1.807) is 23.4 Å². The molecule has 1 aliphatic rings. The van der Waals surface area contributed by atoms with Crippen LogP contribution in [0.3, 0.4) is 0 Å². The lowest BCUT2D eigenvalue weighted by molar-refractivity contribution is 0.0612. The van der Waals surface area contributed by atoms with Gasteiger partial charge in [0.1, 0.15) is 29.1 Å². The Morgan fingerprint density at radius 2 is 2.10 bits per heavy atom. The highest BCUT2D eigenvalue weighted by Crippen LogP contribution is 2.25. The van der Waals surface area contributed by atoms with E-state index in [1.807, 2.05) is 6.07 Å². The highest BCUT2D eigenvalue weighted by Gasteiger charge is 2.28. The van der Waals surface area contributed by atoms with Gasteiger partial charge in [-0.05, 0) is 26.3 Å². The summed E-state index contributed by atoms with van der Waals surface area (Å²) in [5.74, 6) is 2.70. The summed E-state index contributed by atoms with van der Waals surface area (Å²) in [6, 6.07) is 4.01. The predicted octanol–water partition coefficient (Wildman–Crippen LogP) is 3.02. The first-order valence-electron chi connectivity index (χ1n) is 10.00. The SMILES string of the molecule is CCc1nc2cnc(Nc3ccnc(N4CCC(O)C(F)C4)n3)cc2n1C(C)C. The first-order chi connectivity index (χ1) is 14.0. The average molecular weight is 399 g/mol. The summed E-state index contributed by atoms with van der Waals surface area (Å²) in [7, 11) is 0. The normalized spacial score (nSPS) is 19.9. The van der Waals surface area contributed by atoms with Gasteiger partial charge in [-0.15, -0.1) is 0 Å². The van der Waals surface area contributed by atoms with E-state index in [9.17, 15) is 9.50 Å². The van der Waals surface area contributed by atoms with E-state index in [0.29, 0.717) is 36.6 Å². The second kappa shape index (κ2) is 7.90. The molecule has 154 valence electrons. The second-order valence-electron chi connectivity index (χ2n) is 7.59. The van der Waals surface area contributed by atoms with Crippen molar-refractivity contribution in [1.29, 1.82) is 0 Å². The number of aromatic nitrogens is 5. The number of alkyl halides is 1. The quantitative estimate of drug-likeness (QED) is 0.681. The minimum atomic E-state index is -1.29. The Balaban J connectivity index is 1.59.